The summed E-state index contributed by atoms with van der Waals surface area (Å²) < 4.78 is 17.6. The quantitative estimate of drug-likeness (QED) is 0.627. The molecule has 0 aliphatic carbocycles. The maximum atomic E-state index is 12.8. The van der Waals surface area contributed by atoms with Crippen LogP contribution in [0.5, 0.6) is 5.75 Å². The van der Waals surface area contributed by atoms with Crippen molar-refractivity contribution in [3.05, 3.63) is 29.6 Å². The van der Waals surface area contributed by atoms with E-state index in [1.54, 1.807) is 12.1 Å². The number of hydrogen-bond acceptors (Lipinski definition) is 1. The third-order valence-corrected chi connectivity index (χ3v) is 1.41. The molecule has 1 aromatic carbocycles. The molecule has 0 aliphatic heterocycles. The van der Waals surface area contributed by atoms with Crippen LogP contribution in [0, 0.1) is 12.7 Å². The van der Waals surface area contributed by atoms with Gasteiger partial charge in [-0.3, -0.25) is 0 Å². The Bertz CT molecular complexity index is 250. The molecule has 0 aliphatic rings. The lowest BCUT2D eigenvalue weighted by atomic mass is 10.2. The molecule has 1 rings (SSSR count). The summed E-state index contributed by atoms with van der Waals surface area (Å²) in [5.74, 6) is -0.170. The van der Waals surface area contributed by atoms with Gasteiger partial charge in [-0.05, 0) is 24.6 Å². The van der Waals surface area contributed by atoms with Crippen molar-refractivity contribution in [2.45, 2.75) is 6.92 Å². The maximum Gasteiger partial charge on any atom is 0.165 e. The molecule has 0 amide bonds. The Hall–Kier alpha value is -0.760. The van der Waals surface area contributed by atoms with Crippen LogP contribution in [0.4, 0.5) is 4.39 Å². The van der Waals surface area contributed by atoms with Gasteiger partial charge in [-0.15, -0.1) is 0 Å². The smallest absolute Gasteiger partial charge is 0.165 e. The van der Waals surface area contributed by atoms with Gasteiger partial charge in [0.25, 0.3) is 0 Å². The van der Waals surface area contributed by atoms with Gasteiger partial charge in [-0.2, -0.15) is 0 Å². The summed E-state index contributed by atoms with van der Waals surface area (Å²) in [6.07, 6.45) is 0. The van der Waals surface area contributed by atoms with Crippen LogP contribution < -0.4 is 4.74 Å². The molecule has 1 nitrogen and oxygen atoms in total. The monoisotopic (exact) mass is 174 g/mol. The molecule has 0 aromatic heterocycles. The highest BCUT2D eigenvalue weighted by Gasteiger charge is 2.01. The van der Waals surface area contributed by atoms with E-state index in [2.05, 4.69) is 0 Å². The highest BCUT2D eigenvalue weighted by molar-refractivity contribution is 6.17. The molecule has 3 heteroatoms. The van der Waals surface area contributed by atoms with Crippen LogP contribution in [0.25, 0.3) is 0 Å². The van der Waals surface area contributed by atoms with Crippen molar-refractivity contribution in [1.82, 2.24) is 0 Å². The van der Waals surface area contributed by atoms with E-state index in [1.807, 2.05) is 6.92 Å². The number of alkyl halides is 1. The Morgan fingerprint density at radius 2 is 2.27 bits per heavy atom. The van der Waals surface area contributed by atoms with Gasteiger partial charge in [-0.1, -0.05) is 17.7 Å². The van der Waals surface area contributed by atoms with E-state index in [4.69, 9.17) is 16.3 Å². The first-order chi connectivity index (χ1) is 5.24. The van der Waals surface area contributed by atoms with Crippen LogP contribution in [0.1, 0.15) is 5.56 Å². The van der Waals surface area contributed by atoms with Gasteiger partial charge in [0.1, 0.15) is 0 Å². The van der Waals surface area contributed by atoms with E-state index in [9.17, 15) is 4.39 Å². The average Bonchev–Trinajstić information content (AvgIpc) is 1.98. The summed E-state index contributed by atoms with van der Waals surface area (Å²) in [6, 6.07) is 4.62. The first-order valence-corrected chi connectivity index (χ1v) is 3.72. The molecule has 0 radical (unpaired) electrons. The molecule has 0 N–H and O–H groups in total. The molecule has 0 heterocycles. The summed E-state index contributed by atoms with van der Waals surface area (Å²) in [4.78, 5) is 0. The minimum atomic E-state index is -0.378. The third kappa shape index (κ3) is 2.09. The van der Waals surface area contributed by atoms with Gasteiger partial charge < -0.3 is 4.74 Å². The zero-order valence-corrected chi connectivity index (χ0v) is 6.86. The predicted octanol–water partition coefficient (Wildman–Crippen LogP) is 2.71. The van der Waals surface area contributed by atoms with Crippen molar-refractivity contribution in [2.24, 2.45) is 0 Å². The van der Waals surface area contributed by atoms with Crippen LogP contribution in [0.3, 0.4) is 0 Å². The maximum absolute atomic E-state index is 12.8. The fourth-order valence-electron chi connectivity index (χ4n) is 0.780. The van der Waals surface area contributed by atoms with Crippen LogP contribution in [-0.4, -0.2) is 6.07 Å². The second-order valence-electron chi connectivity index (χ2n) is 2.19. The molecular formula is C8H8ClFO. The highest BCUT2D eigenvalue weighted by atomic mass is 35.5. The summed E-state index contributed by atoms with van der Waals surface area (Å²) in [7, 11) is 0. The average molecular weight is 175 g/mol. The molecule has 11 heavy (non-hydrogen) atoms. The van der Waals surface area contributed by atoms with E-state index >= 15 is 0 Å². The standard InChI is InChI=1S/C8H8ClFO/c1-6-2-3-7(10)8(4-6)11-5-9/h2-4H,5H2,1H3. The zero-order chi connectivity index (χ0) is 8.27. The molecule has 0 bridgehead atoms. The fraction of sp³-hybridized carbons (Fsp3) is 0.250. The summed E-state index contributed by atoms with van der Waals surface area (Å²) in [5.41, 5.74) is 0.950. The molecule has 0 saturated carbocycles. The minimum Gasteiger partial charge on any atom is -0.475 e. The molecule has 60 valence electrons. The molecule has 1 aromatic rings. The van der Waals surface area contributed by atoms with Crippen LogP contribution in [-0.2, 0) is 0 Å². The van der Waals surface area contributed by atoms with Crippen molar-refractivity contribution in [2.75, 3.05) is 6.07 Å². The zero-order valence-electron chi connectivity index (χ0n) is 6.10. The molecular weight excluding hydrogens is 167 g/mol. The van der Waals surface area contributed by atoms with E-state index < -0.39 is 0 Å². The van der Waals surface area contributed by atoms with Crippen LogP contribution >= 0.6 is 11.6 Å². The lowest BCUT2D eigenvalue weighted by Gasteiger charge is -2.03. The van der Waals surface area contributed by atoms with E-state index in [0.29, 0.717) is 0 Å². The van der Waals surface area contributed by atoms with E-state index in [-0.39, 0.29) is 17.6 Å². The van der Waals surface area contributed by atoms with Gasteiger partial charge in [0.15, 0.2) is 17.6 Å². The van der Waals surface area contributed by atoms with Crippen molar-refractivity contribution in [3.63, 3.8) is 0 Å². The Morgan fingerprint density at radius 1 is 1.55 bits per heavy atom. The normalized spacial score (nSPS) is 9.73. The van der Waals surface area contributed by atoms with E-state index in [1.165, 1.54) is 6.07 Å². The fourth-order valence-corrected chi connectivity index (χ4v) is 0.898. The SMILES string of the molecule is Cc1ccc(F)c(OCCl)c1. The number of rotatable bonds is 2. The van der Waals surface area contributed by atoms with Crippen LogP contribution in [0.2, 0.25) is 0 Å². The van der Waals surface area contributed by atoms with Crippen molar-refractivity contribution < 1.29 is 9.13 Å². The minimum absolute atomic E-state index is 0.0274. The lowest BCUT2D eigenvalue weighted by Crippen LogP contribution is -1.92. The second kappa shape index (κ2) is 3.58. The summed E-state index contributed by atoms with van der Waals surface area (Å²) in [5, 5.41) is 0. The first-order valence-electron chi connectivity index (χ1n) is 3.19. The highest BCUT2D eigenvalue weighted by Crippen LogP contribution is 2.18. The summed E-state index contributed by atoms with van der Waals surface area (Å²) in [6.45, 7) is 1.86. The molecule has 0 fully saturated rings. The Morgan fingerprint density at radius 3 is 2.91 bits per heavy atom. The van der Waals surface area contributed by atoms with Gasteiger partial charge in [-0.25, -0.2) is 4.39 Å². The summed E-state index contributed by atoms with van der Waals surface area (Å²) >= 11 is 5.27. The first kappa shape index (κ1) is 8.34. The number of benzene rings is 1. The lowest BCUT2D eigenvalue weighted by molar-refractivity contribution is 0.363. The Labute approximate surface area is 69.7 Å². The topological polar surface area (TPSA) is 9.23 Å². The molecule has 0 spiro atoms. The van der Waals surface area contributed by atoms with Crippen molar-refractivity contribution >= 4 is 11.6 Å². The predicted molar refractivity (Wildman–Crippen MR) is 42.5 cm³/mol. The number of hydrogen-bond donors (Lipinski definition) is 0. The van der Waals surface area contributed by atoms with Gasteiger partial charge in [0.05, 0.1) is 0 Å². The van der Waals surface area contributed by atoms with Gasteiger partial charge in [0, 0.05) is 0 Å². The van der Waals surface area contributed by atoms with E-state index in [0.717, 1.165) is 5.56 Å². The van der Waals surface area contributed by atoms with Crippen molar-refractivity contribution in [3.8, 4) is 5.75 Å². The van der Waals surface area contributed by atoms with Crippen LogP contribution in [0.15, 0.2) is 18.2 Å². The number of ether oxygens (including phenoxy) is 1. The molecule has 0 atom stereocenters. The van der Waals surface area contributed by atoms with Gasteiger partial charge in [0.2, 0.25) is 0 Å². The molecule has 0 unspecified atom stereocenters. The number of aryl methyl sites for hydroxylation is 1. The Kier molecular flexibility index (Phi) is 2.71. The largest absolute Gasteiger partial charge is 0.475 e. The second-order valence-corrected chi connectivity index (χ2v) is 2.41. The Balaban J connectivity index is 2.93. The van der Waals surface area contributed by atoms with Crippen molar-refractivity contribution in [1.29, 1.82) is 0 Å². The van der Waals surface area contributed by atoms with Gasteiger partial charge >= 0.3 is 0 Å². The third-order valence-electron chi connectivity index (χ3n) is 1.30. The molecule has 0 saturated heterocycles. The number of halogens is 2.